The molecule has 0 unspecified atom stereocenters. The molecule has 7 heteroatoms. The largest absolute Gasteiger partial charge is 0.393 e. The Morgan fingerprint density at radius 3 is 2.32 bits per heavy atom. The zero-order valence-electron chi connectivity index (χ0n) is 10.4. The third kappa shape index (κ3) is 2.77. The van der Waals surface area contributed by atoms with Gasteiger partial charge in [0.05, 0.1) is 11.0 Å². The van der Waals surface area contributed by atoms with E-state index in [0.29, 0.717) is 18.9 Å². The monoisotopic (exact) mass is 291 g/mol. The lowest BCUT2D eigenvalue weighted by Crippen LogP contribution is -2.40. The first-order valence-corrected chi connectivity index (χ1v) is 7.40. The molecular weight excluding hydrogens is 276 g/mol. The molecule has 1 N–H and O–H groups in total. The first-order valence-electron chi connectivity index (χ1n) is 5.96. The van der Waals surface area contributed by atoms with E-state index in [1.54, 1.807) is 0 Å². The maximum absolute atomic E-state index is 13.2. The SMILES string of the molecule is Cc1cc(F)c(F)cc1S(=O)(=O)N1CCC(O)CC1. The highest BCUT2D eigenvalue weighted by Crippen LogP contribution is 2.25. The van der Waals surface area contributed by atoms with Gasteiger partial charge in [0.25, 0.3) is 0 Å². The lowest BCUT2D eigenvalue weighted by molar-refractivity contribution is 0.113. The Hall–Kier alpha value is -1.05. The molecule has 1 aliphatic heterocycles. The van der Waals surface area contributed by atoms with Crippen molar-refractivity contribution in [3.8, 4) is 0 Å². The first-order chi connectivity index (χ1) is 8.82. The summed E-state index contributed by atoms with van der Waals surface area (Å²) < 4.78 is 52.1. The van der Waals surface area contributed by atoms with Gasteiger partial charge in [-0.15, -0.1) is 0 Å². The van der Waals surface area contributed by atoms with Gasteiger partial charge in [-0.1, -0.05) is 0 Å². The molecule has 0 bridgehead atoms. The van der Waals surface area contributed by atoms with Crippen molar-refractivity contribution in [1.82, 2.24) is 4.31 Å². The van der Waals surface area contributed by atoms with Crippen LogP contribution in [0.4, 0.5) is 8.78 Å². The molecule has 1 aliphatic rings. The molecule has 1 fully saturated rings. The predicted octanol–water partition coefficient (Wildman–Crippen LogP) is 1.42. The number of sulfonamides is 1. The van der Waals surface area contributed by atoms with Crippen molar-refractivity contribution in [2.24, 2.45) is 0 Å². The predicted molar refractivity (Wildman–Crippen MR) is 65.1 cm³/mol. The van der Waals surface area contributed by atoms with Crippen LogP contribution < -0.4 is 0 Å². The summed E-state index contributed by atoms with van der Waals surface area (Å²) in [4.78, 5) is -0.220. The summed E-state index contributed by atoms with van der Waals surface area (Å²) in [6.45, 7) is 1.79. The summed E-state index contributed by atoms with van der Waals surface area (Å²) in [6.07, 6.45) is 0.196. The maximum atomic E-state index is 13.2. The molecule has 0 saturated carbocycles. The molecule has 4 nitrogen and oxygen atoms in total. The van der Waals surface area contributed by atoms with Crippen LogP contribution in [0.3, 0.4) is 0 Å². The highest BCUT2D eigenvalue weighted by molar-refractivity contribution is 7.89. The van der Waals surface area contributed by atoms with Crippen molar-refractivity contribution in [3.05, 3.63) is 29.3 Å². The second kappa shape index (κ2) is 5.15. The van der Waals surface area contributed by atoms with Crippen LogP contribution in [-0.4, -0.2) is 37.0 Å². The Morgan fingerprint density at radius 2 is 1.74 bits per heavy atom. The molecule has 0 aliphatic carbocycles. The van der Waals surface area contributed by atoms with Crippen LogP contribution in [-0.2, 0) is 10.0 Å². The number of aliphatic hydroxyl groups excluding tert-OH is 1. The summed E-state index contributed by atoms with van der Waals surface area (Å²) in [5.74, 6) is -2.24. The minimum Gasteiger partial charge on any atom is -0.393 e. The van der Waals surface area contributed by atoms with E-state index in [1.165, 1.54) is 11.2 Å². The van der Waals surface area contributed by atoms with Gasteiger partial charge < -0.3 is 5.11 Å². The molecule has 0 amide bonds. The molecule has 2 rings (SSSR count). The van der Waals surface area contributed by atoms with Crippen molar-refractivity contribution < 1.29 is 22.3 Å². The minimum atomic E-state index is -3.84. The van der Waals surface area contributed by atoms with Crippen molar-refractivity contribution >= 4 is 10.0 Å². The van der Waals surface area contributed by atoms with E-state index in [4.69, 9.17) is 0 Å². The third-order valence-corrected chi connectivity index (χ3v) is 5.30. The van der Waals surface area contributed by atoms with Crippen LogP contribution in [0, 0.1) is 18.6 Å². The second-order valence-corrected chi connectivity index (χ2v) is 6.57. The number of nitrogens with zero attached hydrogens (tertiary/aromatic N) is 1. The molecule has 1 aromatic rings. The van der Waals surface area contributed by atoms with Gasteiger partial charge in [-0.05, 0) is 37.5 Å². The summed E-state index contributed by atoms with van der Waals surface area (Å²) in [7, 11) is -3.84. The second-order valence-electron chi connectivity index (χ2n) is 4.67. The number of halogens is 2. The first kappa shape index (κ1) is 14.4. The van der Waals surface area contributed by atoms with Gasteiger partial charge in [-0.2, -0.15) is 4.31 Å². The van der Waals surface area contributed by atoms with E-state index in [2.05, 4.69) is 0 Å². The standard InChI is InChI=1S/C12H15F2NO3S/c1-8-6-10(13)11(14)7-12(8)19(17,18)15-4-2-9(16)3-5-15/h6-7,9,16H,2-5H2,1H3. The fourth-order valence-electron chi connectivity index (χ4n) is 2.13. The van der Waals surface area contributed by atoms with Crippen LogP contribution >= 0.6 is 0 Å². The van der Waals surface area contributed by atoms with Gasteiger partial charge in [0.15, 0.2) is 11.6 Å². The fourth-order valence-corrected chi connectivity index (χ4v) is 3.82. The Bertz CT molecular complexity index is 581. The Balaban J connectivity index is 2.37. The van der Waals surface area contributed by atoms with E-state index in [-0.39, 0.29) is 23.5 Å². The van der Waals surface area contributed by atoms with Crippen molar-refractivity contribution in [3.63, 3.8) is 0 Å². The van der Waals surface area contributed by atoms with Crippen LogP contribution in [0.5, 0.6) is 0 Å². The van der Waals surface area contributed by atoms with Crippen LogP contribution in [0.1, 0.15) is 18.4 Å². The lowest BCUT2D eigenvalue weighted by Gasteiger charge is -2.29. The molecule has 0 atom stereocenters. The maximum Gasteiger partial charge on any atom is 0.243 e. The van der Waals surface area contributed by atoms with Gasteiger partial charge in [-0.25, -0.2) is 17.2 Å². The van der Waals surface area contributed by atoms with Gasteiger partial charge in [0.1, 0.15) is 0 Å². The van der Waals surface area contributed by atoms with Gasteiger partial charge in [-0.3, -0.25) is 0 Å². The normalized spacial score (nSPS) is 18.7. The number of rotatable bonds is 2. The van der Waals surface area contributed by atoms with Crippen LogP contribution in [0.2, 0.25) is 0 Å². The summed E-state index contributed by atoms with van der Waals surface area (Å²) >= 11 is 0. The van der Waals surface area contributed by atoms with Gasteiger partial charge in [0.2, 0.25) is 10.0 Å². The minimum absolute atomic E-state index is 0.171. The Morgan fingerprint density at radius 1 is 1.21 bits per heavy atom. The molecule has 1 saturated heterocycles. The summed E-state index contributed by atoms with van der Waals surface area (Å²) in [5, 5.41) is 9.37. The molecule has 19 heavy (non-hydrogen) atoms. The number of hydrogen-bond donors (Lipinski definition) is 1. The lowest BCUT2D eigenvalue weighted by atomic mass is 10.1. The van der Waals surface area contributed by atoms with E-state index in [1.807, 2.05) is 0 Å². The Kier molecular flexibility index (Phi) is 3.89. The molecule has 1 heterocycles. The topological polar surface area (TPSA) is 57.6 Å². The van der Waals surface area contributed by atoms with Crippen molar-refractivity contribution in [1.29, 1.82) is 0 Å². The number of aliphatic hydroxyl groups is 1. The average Bonchev–Trinajstić information content (AvgIpc) is 2.34. The number of piperidine rings is 1. The van der Waals surface area contributed by atoms with E-state index in [9.17, 15) is 22.3 Å². The summed E-state index contributed by atoms with van der Waals surface area (Å²) in [5.41, 5.74) is 0.171. The van der Waals surface area contributed by atoms with Crippen molar-refractivity contribution in [2.45, 2.75) is 30.8 Å². The molecule has 1 aromatic carbocycles. The van der Waals surface area contributed by atoms with E-state index >= 15 is 0 Å². The number of hydrogen-bond acceptors (Lipinski definition) is 3. The number of aryl methyl sites for hydroxylation is 1. The molecular formula is C12H15F2NO3S. The third-order valence-electron chi connectivity index (χ3n) is 3.26. The highest BCUT2D eigenvalue weighted by Gasteiger charge is 2.30. The van der Waals surface area contributed by atoms with Gasteiger partial charge in [0, 0.05) is 13.1 Å². The van der Waals surface area contributed by atoms with Crippen LogP contribution in [0.15, 0.2) is 17.0 Å². The van der Waals surface area contributed by atoms with Crippen molar-refractivity contribution in [2.75, 3.05) is 13.1 Å². The molecule has 106 valence electrons. The van der Waals surface area contributed by atoms with E-state index < -0.39 is 27.8 Å². The molecule has 0 aromatic heterocycles. The van der Waals surface area contributed by atoms with Crippen LogP contribution in [0.25, 0.3) is 0 Å². The Labute approximate surface area is 110 Å². The molecule has 0 spiro atoms. The number of benzene rings is 1. The van der Waals surface area contributed by atoms with E-state index in [0.717, 1.165) is 6.07 Å². The van der Waals surface area contributed by atoms with Gasteiger partial charge >= 0.3 is 0 Å². The summed E-state index contributed by atoms with van der Waals surface area (Å²) in [6, 6.07) is 1.59. The smallest absolute Gasteiger partial charge is 0.243 e. The molecule has 0 radical (unpaired) electrons. The zero-order chi connectivity index (χ0) is 14.2. The highest BCUT2D eigenvalue weighted by atomic mass is 32.2. The fraction of sp³-hybridized carbons (Fsp3) is 0.500. The average molecular weight is 291 g/mol. The quantitative estimate of drug-likeness (QED) is 0.896. The zero-order valence-corrected chi connectivity index (χ0v) is 11.3.